The number of rotatable bonds is 4. The van der Waals surface area contributed by atoms with Crippen LogP contribution in [0.3, 0.4) is 0 Å². The second-order valence-corrected chi connectivity index (χ2v) is 6.24. The van der Waals surface area contributed by atoms with Crippen LogP contribution in [0, 0.1) is 25.2 Å². The predicted octanol–water partition coefficient (Wildman–Crippen LogP) is 3.59. The number of esters is 1. The van der Waals surface area contributed by atoms with Gasteiger partial charge in [0, 0.05) is 17.7 Å². The Morgan fingerprint density at radius 3 is 2.50 bits per heavy atom. The molecule has 0 N–H and O–H groups in total. The Labute approximate surface area is 152 Å². The Bertz CT molecular complexity index is 921. The molecule has 1 aromatic heterocycles. The van der Waals surface area contributed by atoms with Crippen LogP contribution in [0.5, 0.6) is 11.5 Å². The Balaban J connectivity index is 2.36. The minimum absolute atomic E-state index is 0.294. The van der Waals surface area contributed by atoms with Gasteiger partial charge < -0.3 is 18.8 Å². The van der Waals surface area contributed by atoms with E-state index in [1.54, 1.807) is 21.1 Å². The minimum atomic E-state index is -0.391. The quantitative estimate of drug-likeness (QED) is 0.785. The molecule has 0 saturated carbocycles. The lowest BCUT2D eigenvalue weighted by molar-refractivity contribution is 0.0526. The van der Waals surface area contributed by atoms with E-state index in [2.05, 4.69) is 6.07 Å². The van der Waals surface area contributed by atoms with E-state index in [1.165, 1.54) is 0 Å². The fourth-order valence-electron chi connectivity index (χ4n) is 3.65. The largest absolute Gasteiger partial charge is 0.493 e. The molecule has 0 saturated heterocycles. The topological polar surface area (TPSA) is 73.5 Å². The van der Waals surface area contributed by atoms with E-state index in [0.29, 0.717) is 35.8 Å². The van der Waals surface area contributed by atoms with Gasteiger partial charge in [-0.2, -0.15) is 5.26 Å². The Morgan fingerprint density at radius 2 is 1.92 bits per heavy atom. The van der Waals surface area contributed by atoms with E-state index in [-0.39, 0.29) is 5.97 Å². The van der Waals surface area contributed by atoms with E-state index in [1.807, 2.05) is 30.5 Å². The van der Waals surface area contributed by atoms with Crippen LogP contribution in [0.25, 0.3) is 11.3 Å². The number of nitrogens with zero attached hydrogens (tertiary/aromatic N) is 2. The third-order valence-corrected chi connectivity index (χ3v) is 4.97. The highest BCUT2D eigenvalue weighted by atomic mass is 16.5. The maximum absolute atomic E-state index is 12.7. The molecule has 1 unspecified atom stereocenters. The molecule has 6 heteroatoms. The first-order valence-electron chi connectivity index (χ1n) is 8.51. The van der Waals surface area contributed by atoms with Crippen LogP contribution in [0.15, 0.2) is 12.1 Å². The molecule has 2 aromatic rings. The summed E-state index contributed by atoms with van der Waals surface area (Å²) in [7, 11) is 3.16. The minimum Gasteiger partial charge on any atom is -0.493 e. The van der Waals surface area contributed by atoms with Crippen LogP contribution in [-0.2, 0) is 11.2 Å². The SMILES string of the molecule is CCOC(=O)c1c(C)c(C)n2c1-c1cc(OC)c(OC)cc1CC2C#N. The fraction of sp³-hybridized carbons (Fsp3) is 0.400. The van der Waals surface area contributed by atoms with Crippen LogP contribution in [0.4, 0.5) is 0 Å². The highest BCUT2D eigenvalue weighted by Crippen LogP contribution is 2.45. The monoisotopic (exact) mass is 354 g/mol. The van der Waals surface area contributed by atoms with Crippen molar-refractivity contribution in [3.63, 3.8) is 0 Å². The van der Waals surface area contributed by atoms with Gasteiger partial charge in [-0.25, -0.2) is 4.79 Å². The third kappa shape index (κ3) is 2.51. The van der Waals surface area contributed by atoms with Gasteiger partial charge in [0.1, 0.15) is 6.04 Å². The number of aromatic nitrogens is 1. The molecule has 1 atom stereocenters. The van der Waals surface area contributed by atoms with Gasteiger partial charge in [-0.1, -0.05) is 0 Å². The number of hydrogen-bond acceptors (Lipinski definition) is 5. The number of nitriles is 1. The van der Waals surface area contributed by atoms with Crippen molar-refractivity contribution in [3.8, 4) is 28.8 Å². The van der Waals surface area contributed by atoms with E-state index < -0.39 is 6.04 Å². The molecule has 1 aliphatic heterocycles. The number of carbonyl (C=O) groups is 1. The summed E-state index contributed by atoms with van der Waals surface area (Å²) in [6.07, 6.45) is 0.538. The molecular weight excluding hydrogens is 332 g/mol. The Kier molecular flexibility index (Phi) is 4.64. The molecular formula is C20H22N2O4. The highest BCUT2D eigenvalue weighted by molar-refractivity contribution is 6.00. The van der Waals surface area contributed by atoms with Crippen molar-refractivity contribution in [2.75, 3.05) is 20.8 Å². The number of benzene rings is 1. The van der Waals surface area contributed by atoms with Gasteiger partial charge in [0.2, 0.25) is 0 Å². The maximum atomic E-state index is 12.7. The average molecular weight is 354 g/mol. The van der Waals surface area contributed by atoms with Crippen molar-refractivity contribution in [3.05, 3.63) is 34.5 Å². The van der Waals surface area contributed by atoms with E-state index >= 15 is 0 Å². The average Bonchev–Trinajstić information content (AvgIpc) is 2.91. The zero-order chi connectivity index (χ0) is 19.0. The fourth-order valence-corrected chi connectivity index (χ4v) is 3.65. The molecule has 1 aromatic carbocycles. The molecule has 2 heterocycles. The van der Waals surface area contributed by atoms with Crippen LogP contribution >= 0.6 is 0 Å². The molecule has 136 valence electrons. The summed E-state index contributed by atoms with van der Waals surface area (Å²) in [5.74, 6) is 0.815. The summed E-state index contributed by atoms with van der Waals surface area (Å²) in [5.41, 5.74) is 4.78. The number of hydrogen-bond donors (Lipinski definition) is 0. The lowest BCUT2D eigenvalue weighted by atomic mass is 9.91. The molecule has 6 nitrogen and oxygen atoms in total. The summed E-state index contributed by atoms with van der Waals surface area (Å²) in [6, 6.07) is 5.72. The number of ether oxygens (including phenoxy) is 3. The van der Waals surface area contributed by atoms with Crippen LogP contribution in [0.1, 0.15) is 40.1 Å². The molecule has 0 radical (unpaired) electrons. The summed E-state index contributed by atoms with van der Waals surface area (Å²) >= 11 is 0. The van der Waals surface area contributed by atoms with Crippen molar-refractivity contribution in [2.45, 2.75) is 33.2 Å². The zero-order valence-electron chi connectivity index (χ0n) is 15.7. The van der Waals surface area contributed by atoms with E-state index in [9.17, 15) is 10.1 Å². The first kappa shape index (κ1) is 17.9. The smallest absolute Gasteiger partial charge is 0.340 e. The van der Waals surface area contributed by atoms with Crippen molar-refractivity contribution >= 4 is 5.97 Å². The van der Waals surface area contributed by atoms with Gasteiger partial charge in [0.05, 0.1) is 38.2 Å². The molecule has 0 amide bonds. The van der Waals surface area contributed by atoms with Crippen LogP contribution < -0.4 is 9.47 Å². The van der Waals surface area contributed by atoms with Crippen molar-refractivity contribution in [1.29, 1.82) is 5.26 Å². The van der Waals surface area contributed by atoms with Crippen molar-refractivity contribution in [1.82, 2.24) is 4.57 Å². The number of methoxy groups -OCH3 is 2. The summed E-state index contributed by atoms with van der Waals surface area (Å²) in [4.78, 5) is 12.7. The normalized spacial score (nSPS) is 14.8. The summed E-state index contributed by atoms with van der Waals surface area (Å²) in [5, 5.41) is 9.71. The predicted molar refractivity (Wildman–Crippen MR) is 96.8 cm³/mol. The van der Waals surface area contributed by atoms with Crippen LogP contribution in [-0.4, -0.2) is 31.4 Å². The molecule has 0 fully saturated rings. The molecule has 0 aliphatic carbocycles. The number of fused-ring (bicyclic) bond motifs is 3. The number of carbonyl (C=O) groups excluding carboxylic acids is 1. The highest BCUT2D eigenvalue weighted by Gasteiger charge is 2.34. The molecule has 1 aliphatic rings. The molecule has 26 heavy (non-hydrogen) atoms. The maximum Gasteiger partial charge on any atom is 0.340 e. The van der Waals surface area contributed by atoms with Crippen molar-refractivity contribution < 1.29 is 19.0 Å². The summed E-state index contributed by atoms with van der Waals surface area (Å²) in [6.45, 7) is 5.89. The lowest BCUT2D eigenvalue weighted by Crippen LogP contribution is -2.19. The zero-order valence-corrected chi connectivity index (χ0v) is 15.7. The van der Waals surface area contributed by atoms with Gasteiger partial charge in [0.15, 0.2) is 11.5 Å². The van der Waals surface area contributed by atoms with Gasteiger partial charge in [0.25, 0.3) is 0 Å². The summed E-state index contributed by atoms with van der Waals surface area (Å²) < 4.78 is 18.1. The van der Waals surface area contributed by atoms with Gasteiger partial charge in [-0.05, 0) is 44.0 Å². The second-order valence-electron chi connectivity index (χ2n) is 6.24. The van der Waals surface area contributed by atoms with E-state index in [4.69, 9.17) is 14.2 Å². The molecule has 3 rings (SSSR count). The van der Waals surface area contributed by atoms with Gasteiger partial charge in [-0.15, -0.1) is 0 Å². The Hall–Kier alpha value is -2.94. The lowest BCUT2D eigenvalue weighted by Gasteiger charge is -2.27. The first-order valence-corrected chi connectivity index (χ1v) is 8.51. The standard InChI is InChI=1S/C20H22N2O4/c1-6-26-20(23)18-11(2)12(3)22-14(10-21)7-13-8-16(24-4)17(25-5)9-15(13)19(18)22/h8-9,14H,6-7H2,1-5H3. The first-order chi connectivity index (χ1) is 12.5. The Morgan fingerprint density at radius 1 is 1.27 bits per heavy atom. The molecule has 0 spiro atoms. The molecule has 0 bridgehead atoms. The van der Waals surface area contributed by atoms with Gasteiger partial charge >= 0.3 is 5.97 Å². The third-order valence-electron chi connectivity index (χ3n) is 4.97. The van der Waals surface area contributed by atoms with Gasteiger partial charge in [-0.3, -0.25) is 0 Å². The van der Waals surface area contributed by atoms with Crippen LogP contribution in [0.2, 0.25) is 0 Å². The van der Waals surface area contributed by atoms with E-state index in [0.717, 1.165) is 22.4 Å². The van der Waals surface area contributed by atoms with Crippen molar-refractivity contribution in [2.24, 2.45) is 0 Å². The second kappa shape index (κ2) is 6.75.